The van der Waals surface area contributed by atoms with Gasteiger partial charge < -0.3 is 19.3 Å². The quantitative estimate of drug-likeness (QED) is 0.280. The van der Waals surface area contributed by atoms with Gasteiger partial charge in [0.2, 0.25) is 0 Å². The van der Waals surface area contributed by atoms with E-state index in [4.69, 9.17) is 9.47 Å². The van der Waals surface area contributed by atoms with Crippen molar-refractivity contribution in [3.05, 3.63) is 71.3 Å². The number of likely N-dealkylation sites (tertiary alicyclic amines) is 2. The molecule has 0 unspecified atom stereocenters. The van der Waals surface area contributed by atoms with E-state index in [0.29, 0.717) is 11.8 Å². The molecule has 2 amide bonds. The zero-order valence-corrected chi connectivity index (χ0v) is 30.8. The van der Waals surface area contributed by atoms with Gasteiger partial charge in [0, 0.05) is 50.0 Å². The summed E-state index contributed by atoms with van der Waals surface area (Å²) < 4.78 is 10.9. The summed E-state index contributed by atoms with van der Waals surface area (Å²) in [6.07, 6.45) is 21.0. The number of hydrogen-bond donors (Lipinski definition) is 0. The van der Waals surface area contributed by atoms with E-state index in [1.54, 1.807) is 0 Å². The van der Waals surface area contributed by atoms with Crippen LogP contribution in [-0.2, 0) is 9.47 Å². The summed E-state index contributed by atoms with van der Waals surface area (Å²) in [6.45, 7) is 18.7. The number of carbonyl (C=O) groups is 2. The molecule has 2 saturated heterocycles. The molecule has 4 heterocycles. The van der Waals surface area contributed by atoms with Gasteiger partial charge in [0.1, 0.15) is 11.2 Å². The molecule has 0 spiro atoms. The molecule has 0 N–H and O–H groups in total. The van der Waals surface area contributed by atoms with Crippen molar-refractivity contribution in [2.45, 2.75) is 118 Å². The normalized spacial score (nSPS) is 16.6. The minimum absolute atomic E-state index is 0.172. The Bertz CT molecular complexity index is 1240. The van der Waals surface area contributed by atoms with Crippen molar-refractivity contribution in [3.8, 4) is 0 Å². The van der Waals surface area contributed by atoms with E-state index < -0.39 is 11.2 Å². The average Bonchev–Trinajstić information content (AvgIpc) is 3.01. The molecule has 2 aromatic rings. The third-order valence-electron chi connectivity index (χ3n) is 8.48. The average molecular weight is 661 g/mol. The highest BCUT2D eigenvalue weighted by atomic mass is 16.6. The van der Waals surface area contributed by atoms with E-state index in [1.807, 2.05) is 89.7 Å². The topological polar surface area (TPSA) is 84.9 Å². The number of aryl methyl sites for hydroxylation is 2. The van der Waals surface area contributed by atoms with Crippen LogP contribution in [0.5, 0.6) is 0 Å². The first kappa shape index (κ1) is 38.8. The van der Waals surface area contributed by atoms with Crippen LogP contribution >= 0.6 is 0 Å². The van der Waals surface area contributed by atoms with Gasteiger partial charge in [0.05, 0.1) is 0 Å². The molecule has 0 bridgehead atoms. The van der Waals surface area contributed by atoms with E-state index in [2.05, 4.69) is 46.4 Å². The van der Waals surface area contributed by atoms with Crippen LogP contribution in [-0.4, -0.2) is 69.3 Å². The van der Waals surface area contributed by atoms with Crippen LogP contribution in [0.25, 0.3) is 12.2 Å². The van der Waals surface area contributed by atoms with Gasteiger partial charge in [-0.3, -0.25) is 9.97 Å². The lowest BCUT2D eigenvalue weighted by Gasteiger charge is -2.33. The molecule has 2 fully saturated rings. The van der Waals surface area contributed by atoms with Crippen molar-refractivity contribution < 1.29 is 19.1 Å². The zero-order chi connectivity index (χ0) is 35.2. The Labute approximate surface area is 290 Å². The third kappa shape index (κ3) is 15.5. The number of rotatable bonds is 8. The molecule has 0 saturated carbocycles. The van der Waals surface area contributed by atoms with Crippen LogP contribution in [0.3, 0.4) is 0 Å². The van der Waals surface area contributed by atoms with Gasteiger partial charge in [-0.25, -0.2) is 9.59 Å². The molecule has 8 heteroatoms. The Balaban J connectivity index is 0.000000260. The Morgan fingerprint density at radius 2 is 1.04 bits per heavy atom. The fraction of sp³-hybridized carbons (Fsp3) is 0.600. The van der Waals surface area contributed by atoms with Crippen molar-refractivity contribution in [1.82, 2.24) is 19.8 Å². The van der Waals surface area contributed by atoms with Crippen LogP contribution in [0.1, 0.15) is 115 Å². The second-order valence-corrected chi connectivity index (χ2v) is 15.2. The van der Waals surface area contributed by atoms with Crippen molar-refractivity contribution in [2.24, 2.45) is 11.8 Å². The summed E-state index contributed by atoms with van der Waals surface area (Å²) in [5.41, 5.74) is 3.69. The molecule has 48 heavy (non-hydrogen) atoms. The zero-order valence-electron chi connectivity index (χ0n) is 30.8. The predicted octanol–water partition coefficient (Wildman–Crippen LogP) is 9.66. The number of ether oxygens (including phenoxy) is 2. The summed E-state index contributed by atoms with van der Waals surface area (Å²) in [7, 11) is 0. The first-order valence-corrected chi connectivity index (χ1v) is 17.8. The van der Waals surface area contributed by atoms with Crippen LogP contribution in [0.2, 0.25) is 0 Å². The summed E-state index contributed by atoms with van der Waals surface area (Å²) in [6, 6.07) is 8.25. The summed E-state index contributed by atoms with van der Waals surface area (Å²) >= 11 is 0. The summed E-state index contributed by atoms with van der Waals surface area (Å²) in [5, 5.41) is 0. The summed E-state index contributed by atoms with van der Waals surface area (Å²) in [5.74, 6) is 1.40. The number of piperidine rings is 2. The van der Waals surface area contributed by atoms with E-state index >= 15 is 0 Å². The minimum atomic E-state index is -0.413. The number of amides is 2. The number of pyridine rings is 2. The standard InChI is InChI=1S/2C20H30N2O2/c2*1-16-15-18(9-12-21-16)8-6-5-7-17-10-13-22(14-11-17)19(23)24-20(2,3)4/h2*6,8-9,12,15,17H,5,7,10-11,13-14H2,1-4H3/b8-6+;8-6-. The number of hydrogen-bond acceptors (Lipinski definition) is 6. The number of aromatic nitrogens is 2. The van der Waals surface area contributed by atoms with Crippen molar-refractivity contribution in [1.29, 1.82) is 0 Å². The number of allylic oxidation sites excluding steroid dienone is 2. The lowest BCUT2D eigenvalue weighted by atomic mass is 9.92. The second-order valence-electron chi connectivity index (χ2n) is 15.2. The highest BCUT2D eigenvalue weighted by Gasteiger charge is 2.27. The molecular weight excluding hydrogens is 600 g/mol. The van der Waals surface area contributed by atoms with E-state index in [9.17, 15) is 9.59 Å². The maximum absolute atomic E-state index is 12.1. The Morgan fingerprint density at radius 1 is 0.688 bits per heavy atom. The highest BCUT2D eigenvalue weighted by Crippen LogP contribution is 2.25. The Morgan fingerprint density at radius 3 is 1.35 bits per heavy atom. The van der Waals surface area contributed by atoms with Gasteiger partial charge in [-0.15, -0.1) is 0 Å². The first-order valence-electron chi connectivity index (χ1n) is 17.8. The Hall–Kier alpha value is -3.68. The van der Waals surface area contributed by atoms with Crippen molar-refractivity contribution >= 4 is 24.3 Å². The maximum Gasteiger partial charge on any atom is 0.410 e. The van der Waals surface area contributed by atoms with Gasteiger partial charge >= 0.3 is 12.2 Å². The van der Waals surface area contributed by atoms with Gasteiger partial charge in [0.15, 0.2) is 0 Å². The molecule has 8 nitrogen and oxygen atoms in total. The molecule has 0 aliphatic carbocycles. The van der Waals surface area contributed by atoms with Crippen LogP contribution in [0.4, 0.5) is 9.59 Å². The lowest BCUT2D eigenvalue weighted by molar-refractivity contribution is 0.0171. The van der Waals surface area contributed by atoms with Gasteiger partial charge in [-0.05, 0) is 154 Å². The van der Waals surface area contributed by atoms with E-state index in [1.165, 1.54) is 24.0 Å². The molecule has 0 atom stereocenters. The van der Waals surface area contributed by atoms with Gasteiger partial charge in [-0.2, -0.15) is 0 Å². The van der Waals surface area contributed by atoms with Crippen LogP contribution in [0.15, 0.2) is 48.8 Å². The second kappa shape index (κ2) is 18.8. The van der Waals surface area contributed by atoms with Gasteiger partial charge in [0.25, 0.3) is 0 Å². The minimum Gasteiger partial charge on any atom is -0.444 e. The molecule has 0 aromatic carbocycles. The largest absolute Gasteiger partial charge is 0.444 e. The molecular formula is C40H60N4O4. The predicted molar refractivity (Wildman–Crippen MR) is 196 cm³/mol. The van der Waals surface area contributed by atoms with Gasteiger partial charge in [-0.1, -0.05) is 24.3 Å². The third-order valence-corrected chi connectivity index (χ3v) is 8.48. The lowest BCUT2D eigenvalue weighted by Crippen LogP contribution is -2.41. The van der Waals surface area contributed by atoms with Crippen molar-refractivity contribution in [2.75, 3.05) is 26.2 Å². The molecule has 2 aromatic heterocycles. The Kier molecular flexibility index (Phi) is 15.1. The highest BCUT2D eigenvalue weighted by molar-refractivity contribution is 5.68. The van der Waals surface area contributed by atoms with Crippen molar-refractivity contribution in [3.63, 3.8) is 0 Å². The summed E-state index contributed by atoms with van der Waals surface area (Å²) in [4.78, 5) is 36.2. The van der Waals surface area contributed by atoms with E-state index in [0.717, 1.165) is 76.1 Å². The molecule has 2 aliphatic heterocycles. The van der Waals surface area contributed by atoms with Crippen LogP contribution < -0.4 is 0 Å². The number of nitrogens with zero attached hydrogens (tertiary/aromatic N) is 4. The monoisotopic (exact) mass is 660 g/mol. The maximum atomic E-state index is 12.1. The fourth-order valence-corrected chi connectivity index (χ4v) is 5.91. The first-order chi connectivity index (χ1) is 22.7. The van der Waals surface area contributed by atoms with E-state index in [-0.39, 0.29) is 12.2 Å². The SMILES string of the molecule is Cc1cc(/C=C/CCC2CCN(C(=O)OC(C)(C)C)CC2)ccn1.Cc1cc(/C=C\CCC2CCN(C(=O)OC(C)(C)C)CC2)ccn1. The number of carbonyl (C=O) groups excluding carboxylic acids is 2. The molecule has 0 radical (unpaired) electrons. The fourth-order valence-electron chi connectivity index (χ4n) is 5.91. The van der Waals surface area contributed by atoms with Crippen LogP contribution in [0, 0.1) is 25.7 Å². The molecule has 4 rings (SSSR count). The molecule has 264 valence electrons. The molecule has 2 aliphatic rings. The smallest absolute Gasteiger partial charge is 0.410 e.